The number of hydrogen-bond acceptors (Lipinski definition) is 5. The summed E-state index contributed by atoms with van der Waals surface area (Å²) in [4.78, 5) is 11.3. The van der Waals surface area contributed by atoms with Crippen molar-refractivity contribution in [1.29, 1.82) is 0 Å². The lowest BCUT2D eigenvalue weighted by molar-refractivity contribution is 0.0638. The Bertz CT molecular complexity index is 420. The van der Waals surface area contributed by atoms with E-state index in [1.54, 1.807) is 0 Å². The molecule has 0 amide bonds. The average molecular weight is 264 g/mol. The van der Waals surface area contributed by atoms with E-state index in [1.807, 2.05) is 12.4 Å². The maximum Gasteiger partial charge on any atom is 0.148 e. The number of anilines is 1. The number of morpholine rings is 1. The normalized spacial score (nSPS) is 18.9. The average Bonchev–Trinajstić information content (AvgIpc) is 2.36. The predicted octanol–water partition coefficient (Wildman–Crippen LogP) is 1.59. The molecule has 0 unspecified atom stereocenters. The van der Waals surface area contributed by atoms with Gasteiger partial charge >= 0.3 is 0 Å². The Kier molecular flexibility index (Phi) is 4.37. The Balaban J connectivity index is 2.13. The summed E-state index contributed by atoms with van der Waals surface area (Å²) >= 11 is 0. The van der Waals surface area contributed by atoms with Crippen molar-refractivity contribution in [2.24, 2.45) is 0 Å². The van der Waals surface area contributed by atoms with Crippen LogP contribution in [0.4, 0.5) is 5.82 Å². The molecule has 0 radical (unpaired) electrons. The van der Waals surface area contributed by atoms with E-state index >= 15 is 0 Å². The smallest absolute Gasteiger partial charge is 0.148 e. The zero-order chi connectivity index (χ0) is 13.9. The molecule has 19 heavy (non-hydrogen) atoms. The summed E-state index contributed by atoms with van der Waals surface area (Å²) in [5.74, 6) is 0.941. The minimum Gasteiger partial charge on any atom is -0.377 e. The quantitative estimate of drug-likeness (QED) is 0.895. The van der Waals surface area contributed by atoms with Crippen LogP contribution in [-0.4, -0.2) is 41.3 Å². The van der Waals surface area contributed by atoms with Gasteiger partial charge in [0.05, 0.1) is 30.6 Å². The number of hydrogen-bond donors (Lipinski definition) is 1. The monoisotopic (exact) mass is 264 g/mol. The van der Waals surface area contributed by atoms with Crippen LogP contribution in [0.15, 0.2) is 12.4 Å². The maximum absolute atomic E-state index is 5.54. The molecule has 2 rings (SSSR count). The Hall–Kier alpha value is -1.20. The Morgan fingerprint density at radius 1 is 1.42 bits per heavy atom. The number of aromatic nitrogens is 2. The van der Waals surface area contributed by atoms with Gasteiger partial charge < -0.3 is 15.0 Å². The molecule has 0 spiro atoms. The molecule has 0 aromatic carbocycles. The molecule has 1 N–H and O–H groups in total. The van der Waals surface area contributed by atoms with E-state index in [0.717, 1.165) is 37.8 Å². The summed E-state index contributed by atoms with van der Waals surface area (Å²) in [7, 11) is 0. The molecule has 106 valence electrons. The fraction of sp³-hybridized carbons (Fsp3) is 0.714. The van der Waals surface area contributed by atoms with E-state index in [2.05, 4.69) is 42.9 Å². The van der Waals surface area contributed by atoms with Gasteiger partial charge in [-0.3, -0.25) is 4.98 Å². The first-order valence-corrected chi connectivity index (χ1v) is 6.89. The zero-order valence-electron chi connectivity index (χ0n) is 12.3. The van der Waals surface area contributed by atoms with Crippen molar-refractivity contribution in [1.82, 2.24) is 15.3 Å². The van der Waals surface area contributed by atoms with Crippen LogP contribution >= 0.6 is 0 Å². The lowest BCUT2D eigenvalue weighted by Crippen LogP contribution is -2.53. The molecule has 5 nitrogen and oxygen atoms in total. The maximum atomic E-state index is 5.54. The van der Waals surface area contributed by atoms with E-state index in [9.17, 15) is 0 Å². The molecule has 1 aromatic heterocycles. The number of rotatable bonds is 4. The minimum atomic E-state index is -0.0307. The topological polar surface area (TPSA) is 50.3 Å². The van der Waals surface area contributed by atoms with Crippen LogP contribution in [-0.2, 0) is 11.3 Å². The number of nitrogens with one attached hydrogen (secondary N) is 1. The molecule has 0 bridgehead atoms. The molecule has 5 heteroatoms. The lowest BCUT2D eigenvalue weighted by Gasteiger charge is -2.42. The van der Waals surface area contributed by atoms with Gasteiger partial charge in [-0.15, -0.1) is 0 Å². The van der Waals surface area contributed by atoms with Gasteiger partial charge in [-0.1, -0.05) is 13.8 Å². The third-order valence-electron chi connectivity index (χ3n) is 3.28. The highest BCUT2D eigenvalue weighted by Gasteiger charge is 2.31. The van der Waals surface area contributed by atoms with E-state index < -0.39 is 0 Å². The summed E-state index contributed by atoms with van der Waals surface area (Å²) in [6.45, 7) is 11.7. The predicted molar refractivity (Wildman–Crippen MR) is 76.3 cm³/mol. The molecule has 2 heterocycles. The first-order valence-electron chi connectivity index (χ1n) is 6.89. The summed E-state index contributed by atoms with van der Waals surface area (Å²) in [5, 5.41) is 3.37. The van der Waals surface area contributed by atoms with Crippen LogP contribution in [0.2, 0.25) is 0 Å². The summed E-state index contributed by atoms with van der Waals surface area (Å²) in [5.41, 5.74) is 0.949. The second-order valence-electron chi connectivity index (χ2n) is 5.92. The van der Waals surface area contributed by atoms with Gasteiger partial charge in [0, 0.05) is 25.3 Å². The van der Waals surface area contributed by atoms with Crippen molar-refractivity contribution >= 4 is 5.82 Å². The Labute approximate surface area is 115 Å². The SMILES string of the molecule is CC(C)NCc1cncc(N2CCOCC2(C)C)n1. The van der Waals surface area contributed by atoms with Gasteiger partial charge in [0.1, 0.15) is 5.82 Å². The molecule has 0 aliphatic carbocycles. The van der Waals surface area contributed by atoms with Crippen molar-refractivity contribution in [2.75, 3.05) is 24.7 Å². The number of nitrogens with zero attached hydrogens (tertiary/aromatic N) is 3. The van der Waals surface area contributed by atoms with Crippen LogP contribution in [0.3, 0.4) is 0 Å². The van der Waals surface area contributed by atoms with Gasteiger partial charge in [-0.25, -0.2) is 4.98 Å². The highest BCUT2D eigenvalue weighted by atomic mass is 16.5. The summed E-state index contributed by atoms with van der Waals surface area (Å²) in [6, 6.07) is 0.449. The molecular formula is C14H24N4O. The van der Waals surface area contributed by atoms with Crippen molar-refractivity contribution in [3.8, 4) is 0 Å². The van der Waals surface area contributed by atoms with Crippen LogP contribution in [0.5, 0.6) is 0 Å². The molecule has 0 atom stereocenters. The third-order valence-corrected chi connectivity index (χ3v) is 3.28. The first kappa shape index (κ1) is 14.2. The lowest BCUT2D eigenvalue weighted by atomic mass is 10.0. The molecular weight excluding hydrogens is 240 g/mol. The second-order valence-corrected chi connectivity index (χ2v) is 5.92. The highest BCUT2D eigenvalue weighted by Crippen LogP contribution is 2.24. The van der Waals surface area contributed by atoms with Crippen molar-refractivity contribution in [2.45, 2.75) is 45.8 Å². The van der Waals surface area contributed by atoms with Crippen LogP contribution < -0.4 is 10.2 Å². The largest absolute Gasteiger partial charge is 0.377 e. The Morgan fingerprint density at radius 2 is 2.21 bits per heavy atom. The molecule has 1 aromatic rings. The van der Waals surface area contributed by atoms with E-state index in [0.29, 0.717) is 6.04 Å². The van der Waals surface area contributed by atoms with E-state index in [1.165, 1.54) is 0 Å². The molecule has 1 aliphatic rings. The summed E-state index contributed by atoms with van der Waals surface area (Å²) < 4.78 is 5.54. The molecule has 1 aliphatic heterocycles. The highest BCUT2D eigenvalue weighted by molar-refractivity contribution is 5.40. The van der Waals surface area contributed by atoms with Gasteiger partial charge in [0.2, 0.25) is 0 Å². The van der Waals surface area contributed by atoms with Crippen molar-refractivity contribution in [3.05, 3.63) is 18.1 Å². The minimum absolute atomic E-state index is 0.0307. The Morgan fingerprint density at radius 3 is 2.89 bits per heavy atom. The molecule has 0 saturated carbocycles. The summed E-state index contributed by atoms with van der Waals surface area (Å²) in [6.07, 6.45) is 3.66. The van der Waals surface area contributed by atoms with E-state index in [4.69, 9.17) is 9.72 Å². The van der Waals surface area contributed by atoms with Gasteiger partial charge in [0.15, 0.2) is 0 Å². The van der Waals surface area contributed by atoms with Gasteiger partial charge in [-0.2, -0.15) is 0 Å². The third kappa shape index (κ3) is 3.64. The van der Waals surface area contributed by atoms with Crippen molar-refractivity contribution < 1.29 is 4.74 Å². The van der Waals surface area contributed by atoms with Gasteiger partial charge in [0.25, 0.3) is 0 Å². The van der Waals surface area contributed by atoms with E-state index in [-0.39, 0.29) is 5.54 Å². The van der Waals surface area contributed by atoms with Crippen LogP contribution in [0, 0.1) is 0 Å². The van der Waals surface area contributed by atoms with Crippen LogP contribution in [0.1, 0.15) is 33.4 Å². The standard InChI is InChI=1S/C14H24N4O/c1-11(2)16-8-12-7-15-9-13(17-12)18-5-6-19-10-14(18,3)4/h7,9,11,16H,5-6,8,10H2,1-4H3. The second kappa shape index (κ2) is 5.84. The zero-order valence-corrected chi connectivity index (χ0v) is 12.3. The van der Waals surface area contributed by atoms with Crippen LogP contribution in [0.25, 0.3) is 0 Å². The van der Waals surface area contributed by atoms with Gasteiger partial charge in [-0.05, 0) is 13.8 Å². The first-order chi connectivity index (χ1) is 8.99. The van der Waals surface area contributed by atoms with Crippen molar-refractivity contribution in [3.63, 3.8) is 0 Å². The fourth-order valence-electron chi connectivity index (χ4n) is 2.20. The number of ether oxygens (including phenoxy) is 1. The molecule has 1 fully saturated rings. The fourth-order valence-corrected chi connectivity index (χ4v) is 2.20. The molecule has 1 saturated heterocycles.